The Labute approximate surface area is 106 Å². The minimum absolute atomic E-state index is 0. The molecule has 0 saturated heterocycles. The standard InChI is InChI=1S/C12H15FN2O.ClH/c13-10-3-5-11(6-4-10)15-12(16)8-14-7-9-1-2-9;/h3-6,9,14H,1-2,7-8H2,(H,15,16);1H. The van der Waals surface area contributed by atoms with Crippen molar-refractivity contribution >= 4 is 24.0 Å². The zero-order valence-electron chi connectivity index (χ0n) is 9.41. The average molecular weight is 259 g/mol. The summed E-state index contributed by atoms with van der Waals surface area (Å²) in [6.07, 6.45) is 2.54. The average Bonchev–Trinajstić information content (AvgIpc) is 3.05. The summed E-state index contributed by atoms with van der Waals surface area (Å²) in [6, 6.07) is 5.75. The van der Waals surface area contributed by atoms with Gasteiger partial charge in [0, 0.05) is 5.69 Å². The highest BCUT2D eigenvalue weighted by Gasteiger charge is 2.20. The number of carbonyl (C=O) groups excluding carboxylic acids is 1. The van der Waals surface area contributed by atoms with Gasteiger partial charge in [-0.25, -0.2) is 4.39 Å². The lowest BCUT2D eigenvalue weighted by Crippen LogP contribution is -2.29. The molecule has 94 valence electrons. The SMILES string of the molecule is Cl.O=C(CNCC1CC1)Nc1ccc(F)cc1. The molecule has 1 aliphatic carbocycles. The van der Waals surface area contributed by atoms with Crippen LogP contribution >= 0.6 is 12.4 Å². The molecule has 0 unspecified atom stereocenters. The van der Waals surface area contributed by atoms with E-state index in [1.807, 2.05) is 0 Å². The molecule has 1 aliphatic rings. The minimum atomic E-state index is -0.301. The molecule has 2 rings (SSSR count). The summed E-state index contributed by atoms with van der Waals surface area (Å²) >= 11 is 0. The van der Waals surface area contributed by atoms with Crippen molar-refractivity contribution in [2.75, 3.05) is 18.4 Å². The molecule has 5 heteroatoms. The van der Waals surface area contributed by atoms with Crippen molar-refractivity contribution in [3.05, 3.63) is 30.1 Å². The van der Waals surface area contributed by atoms with Crippen LogP contribution < -0.4 is 10.6 Å². The second-order valence-corrected chi connectivity index (χ2v) is 4.13. The Kier molecular flexibility index (Phi) is 5.38. The van der Waals surface area contributed by atoms with Crippen LogP contribution in [-0.2, 0) is 4.79 Å². The van der Waals surface area contributed by atoms with E-state index in [9.17, 15) is 9.18 Å². The smallest absolute Gasteiger partial charge is 0.238 e. The van der Waals surface area contributed by atoms with Crippen molar-refractivity contribution in [1.82, 2.24) is 5.32 Å². The lowest BCUT2D eigenvalue weighted by molar-refractivity contribution is -0.115. The van der Waals surface area contributed by atoms with Crippen LogP contribution in [0.15, 0.2) is 24.3 Å². The molecule has 17 heavy (non-hydrogen) atoms. The van der Waals surface area contributed by atoms with E-state index in [0.29, 0.717) is 12.2 Å². The molecule has 1 saturated carbocycles. The maximum atomic E-state index is 12.6. The van der Waals surface area contributed by atoms with Gasteiger partial charge >= 0.3 is 0 Å². The second kappa shape index (κ2) is 6.57. The molecule has 0 radical (unpaired) electrons. The first-order chi connectivity index (χ1) is 7.74. The summed E-state index contributed by atoms with van der Waals surface area (Å²) in [5.41, 5.74) is 0.625. The largest absolute Gasteiger partial charge is 0.325 e. The van der Waals surface area contributed by atoms with Crippen LogP contribution in [0.3, 0.4) is 0 Å². The van der Waals surface area contributed by atoms with Crippen LogP contribution in [0.25, 0.3) is 0 Å². The third-order valence-electron chi connectivity index (χ3n) is 2.54. The van der Waals surface area contributed by atoms with E-state index in [1.54, 1.807) is 12.1 Å². The Morgan fingerprint density at radius 1 is 1.29 bits per heavy atom. The van der Waals surface area contributed by atoms with Gasteiger partial charge in [-0.1, -0.05) is 0 Å². The van der Waals surface area contributed by atoms with Crippen LogP contribution in [-0.4, -0.2) is 19.0 Å². The molecule has 1 amide bonds. The highest BCUT2D eigenvalue weighted by molar-refractivity contribution is 5.92. The maximum Gasteiger partial charge on any atom is 0.238 e. The van der Waals surface area contributed by atoms with Gasteiger partial charge in [0.1, 0.15) is 5.82 Å². The van der Waals surface area contributed by atoms with Crippen LogP contribution in [0.1, 0.15) is 12.8 Å². The fourth-order valence-corrected chi connectivity index (χ4v) is 1.45. The van der Waals surface area contributed by atoms with Crippen LogP contribution in [0, 0.1) is 11.7 Å². The van der Waals surface area contributed by atoms with Crippen molar-refractivity contribution < 1.29 is 9.18 Å². The van der Waals surface area contributed by atoms with Crippen LogP contribution in [0.2, 0.25) is 0 Å². The molecule has 0 bridgehead atoms. The van der Waals surface area contributed by atoms with Gasteiger partial charge in [-0.2, -0.15) is 0 Å². The van der Waals surface area contributed by atoms with Crippen LogP contribution in [0.4, 0.5) is 10.1 Å². The van der Waals surface area contributed by atoms with Gasteiger partial charge in [0.05, 0.1) is 6.54 Å². The van der Waals surface area contributed by atoms with Gasteiger partial charge in [0.15, 0.2) is 0 Å². The van der Waals surface area contributed by atoms with E-state index in [1.165, 1.54) is 25.0 Å². The van der Waals surface area contributed by atoms with E-state index in [4.69, 9.17) is 0 Å². The second-order valence-electron chi connectivity index (χ2n) is 4.13. The predicted molar refractivity (Wildman–Crippen MR) is 67.9 cm³/mol. The van der Waals surface area contributed by atoms with E-state index < -0.39 is 0 Å². The quantitative estimate of drug-likeness (QED) is 0.850. The molecule has 0 aromatic heterocycles. The van der Waals surface area contributed by atoms with Crippen molar-refractivity contribution in [3.8, 4) is 0 Å². The number of hydrogen-bond donors (Lipinski definition) is 2. The number of hydrogen-bond acceptors (Lipinski definition) is 2. The molecule has 1 aromatic carbocycles. The van der Waals surface area contributed by atoms with Crippen molar-refractivity contribution in [2.24, 2.45) is 5.92 Å². The Balaban J connectivity index is 0.00000144. The van der Waals surface area contributed by atoms with Gasteiger partial charge in [0.2, 0.25) is 5.91 Å². The summed E-state index contributed by atoms with van der Waals surface area (Å²) in [4.78, 5) is 11.4. The Bertz CT molecular complexity index is 365. The fourth-order valence-electron chi connectivity index (χ4n) is 1.45. The highest BCUT2D eigenvalue weighted by atomic mass is 35.5. The third kappa shape index (κ3) is 5.15. The molecule has 1 aromatic rings. The van der Waals surface area contributed by atoms with E-state index in [0.717, 1.165) is 12.5 Å². The fraction of sp³-hybridized carbons (Fsp3) is 0.417. The first kappa shape index (κ1) is 13.9. The van der Waals surface area contributed by atoms with Crippen molar-refractivity contribution in [2.45, 2.75) is 12.8 Å². The molecule has 0 spiro atoms. The molecular formula is C12H16ClFN2O. The molecule has 3 nitrogen and oxygen atoms in total. The zero-order chi connectivity index (χ0) is 11.4. The Morgan fingerprint density at radius 3 is 2.53 bits per heavy atom. The molecular weight excluding hydrogens is 243 g/mol. The zero-order valence-corrected chi connectivity index (χ0v) is 10.2. The molecule has 1 fully saturated rings. The summed E-state index contributed by atoms with van der Waals surface area (Å²) in [5, 5.41) is 5.79. The van der Waals surface area contributed by atoms with Crippen molar-refractivity contribution in [3.63, 3.8) is 0 Å². The van der Waals surface area contributed by atoms with E-state index in [2.05, 4.69) is 10.6 Å². The normalized spacial score (nSPS) is 13.9. The van der Waals surface area contributed by atoms with Gasteiger partial charge in [-0.05, 0) is 49.6 Å². The molecule has 2 N–H and O–H groups in total. The topological polar surface area (TPSA) is 41.1 Å². The lowest BCUT2D eigenvalue weighted by Gasteiger charge is -2.05. The predicted octanol–water partition coefficient (Wildman–Crippen LogP) is 2.19. The number of amides is 1. The summed E-state index contributed by atoms with van der Waals surface area (Å²) in [6.45, 7) is 1.23. The first-order valence-corrected chi connectivity index (χ1v) is 5.50. The number of carbonyl (C=O) groups is 1. The first-order valence-electron chi connectivity index (χ1n) is 5.50. The summed E-state index contributed by atoms with van der Waals surface area (Å²) in [7, 11) is 0. The van der Waals surface area contributed by atoms with Crippen LogP contribution in [0.5, 0.6) is 0 Å². The van der Waals surface area contributed by atoms with Crippen molar-refractivity contribution in [1.29, 1.82) is 0 Å². The Hall–Kier alpha value is -1.13. The van der Waals surface area contributed by atoms with Gasteiger partial charge < -0.3 is 10.6 Å². The molecule has 0 heterocycles. The molecule has 0 aliphatic heterocycles. The van der Waals surface area contributed by atoms with Gasteiger partial charge in [0.25, 0.3) is 0 Å². The number of rotatable bonds is 5. The number of nitrogens with one attached hydrogen (secondary N) is 2. The summed E-state index contributed by atoms with van der Waals surface area (Å²) < 4.78 is 12.6. The summed E-state index contributed by atoms with van der Waals surface area (Å²) in [5.74, 6) is 0.371. The van der Waals surface area contributed by atoms with Gasteiger partial charge in [-0.3, -0.25) is 4.79 Å². The van der Waals surface area contributed by atoms with E-state index in [-0.39, 0.29) is 24.1 Å². The number of benzene rings is 1. The monoisotopic (exact) mass is 258 g/mol. The van der Waals surface area contributed by atoms with Gasteiger partial charge in [-0.15, -0.1) is 12.4 Å². The maximum absolute atomic E-state index is 12.6. The highest BCUT2D eigenvalue weighted by Crippen LogP contribution is 2.27. The minimum Gasteiger partial charge on any atom is -0.325 e. The third-order valence-corrected chi connectivity index (χ3v) is 2.54. The molecule has 0 atom stereocenters. The number of anilines is 1. The number of halogens is 2. The van der Waals surface area contributed by atoms with E-state index >= 15 is 0 Å². The Morgan fingerprint density at radius 2 is 1.94 bits per heavy atom. The lowest BCUT2D eigenvalue weighted by atomic mass is 10.3.